The number of rotatable bonds is 2. The van der Waals surface area contributed by atoms with Crippen LogP contribution in [-0.2, 0) is 0 Å². The molecule has 0 spiro atoms. The first kappa shape index (κ1) is 10.7. The second kappa shape index (κ2) is 4.26. The van der Waals surface area contributed by atoms with Crippen LogP contribution >= 0.6 is 11.6 Å². The molecule has 0 aliphatic heterocycles. The van der Waals surface area contributed by atoms with E-state index in [4.69, 9.17) is 16.9 Å². The zero-order valence-electron chi connectivity index (χ0n) is 8.10. The average molecular weight is 208 g/mol. The lowest BCUT2D eigenvalue weighted by Crippen LogP contribution is -2.05. The second-order valence-electron chi connectivity index (χ2n) is 3.13. The van der Waals surface area contributed by atoms with Crippen molar-refractivity contribution < 1.29 is 4.79 Å². The number of halogens is 1. The topological polar surface area (TPSA) is 40.9 Å². The van der Waals surface area contributed by atoms with E-state index in [1.165, 1.54) is 0 Å². The minimum absolute atomic E-state index is 0.0465. The van der Waals surface area contributed by atoms with E-state index < -0.39 is 0 Å². The highest BCUT2D eigenvalue weighted by Crippen LogP contribution is 2.16. The van der Waals surface area contributed by atoms with Gasteiger partial charge in [0.2, 0.25) is 0 Å². The first-order valence-corrected chi connectivity index (χ1v) is 4.74. The van der Waals surface area contributed by atoms with Crippen LogP contribution < -0.4 is 0 Å². The van der Waals surface area contributed by atoms with Crippen molar-refractivity contribution in [2.75, 3.05) is 5.88 Å². The van der Waals surface area contributed by atoms with Crippen molar-refractivity contribution in [3.05, 3.63) is 34.4 Å². The van der Waals surface area contributed by atoms with Gasteiger partial charge in [-0.1, -0.05) is 0 Å². The number of aryl methyl sites for hydroxylation is 1. The van der Waals surface area contributed by atoms with Crippen molar-refractivity contribution in [1.29, 1.82) is 5.26 Å². The molecule has 0 saturated carbocycles. The van der Waals surface area contributed by atoms with Gasteiger partial charge < -0.3 is 0 Å². The molecule has 3 heteroatoms. The fraction of sp³-hybridized carbons (Fsp3) is 0.273. The maximum absolute atomic E-state index is 11.4. The van der Waals surface area contributed by atoms with Crippen LogP contribution in [0.5, 0.6) is 0 Å². The van der Waals surface area contributed by atoms with Gasteiger partial charge in [-0.3, -0.25) is 4.79 Å². The summed E-state index contributed by atoms with van der Waals surface area (Å²) in [6, 6.07) is 5.37. The molecule has 14 heavy (non-hydrogen) atoms. The Morgan fingerprint density at radius 1 is 1.50 bits per heavy atom. The van der Waals surface area contributed by atoms with E-state index >= 15 is 0 Å². The maximum atomic E-state index is 11.4. The normalized spacial score (nSPS) is 9.57. The molecular formula is C11H10ClNO. The Labute approximate surface area is 88.1 Å². The molecule has 72 valence electrons. The molecule has 0 radical (unpaired) electrons. The first-order chi connectivity index (χ1) is 6.60. The first-order valence-electron chi connectivity index (χ1n) is 4.20. The molecule has 1 rings (SSSR count). The van der Waals surface area contributed by atoms with Gasteiger partial charge in [-0.25, -0.2) is 0 Å². The molecule has 0 fully saturated rings. The van der Waals surface area contributed by atoms with Gasteiger partial charge in [-0.15, -0.1) is 11.6 Å². The van der Waals surface area contributed by atoms with Gasteiger partial charge in [0, 0.05) is 5.56 Å². The lowest BCUT2D eigenvalue weighted by atomic mass is 9.98. The third kappa shape index (κ3) is 1.94. The maximum Gasteiger partial charge on any atom is 0.177 e. The van der Waals surface area contributed by atoms with Crippen molar-refractivity contribution >= 4 is 17.4 Å². The van der Waals surface area contributed by atoms with Crippen LogP contribution in [-0.4, -0.2) is 11.7 Å². The third-order valence-corrected chi connectivity index (χ3v) is 2.46. The monoisotopic (exact) mass is 207 g/mol. The van der Waals surface area contributed by atoms with Crippen LogP contribution in [0.15, 0.2) is 12.1 Å². The molecule has 1 aromatic carbocycles. The van der Waals surface area contributed by atoms with E-state index in [1.807, 2.05) is 19.9 Å². The number of hydrogen-bond donors (Lipinski definition) is 0. The molecule has 0 aliphatic carbocycles. The highest BCUT2D eigenvalue weighted by atomic mass is 35.5. The summed E-state index contributed by atoms with van der Waals surface area (Å²) < 4.78 is 0. The Kier molecular flexibility index (Phi) is 3.27. The molecule has 0 atom stereocenters. The third-order valence-electron chi connectivity index (χ3n) is 2.22. The summed E-state index contributed by atoms with van der Waals surface area (Å²) >= 11 is 5.47. The number of nitriles is 1. The summed E-state index contributed by atoms with van der Waals surface area (Å²) in [6.45, 7) is 3.73. The fourth-order valence-corrected chi connectivity index (χ4v) is 1.43. The smallest absolute Gasteiger partial charge is 0.177 e. The van der Waals surface area contributed by atoms with Gasteiger partial charge in [0.15, 0.2) is 5.78 Å². The Morgan fingerprint density at radius 3 is 2.64 bits per heavy atom. The zero-order chi connectivity index (χ0) is 10.7. The van der Waals surface area contributed by atoms with Crippen LogP contribution in [0, 0.1) is 25.2 Å². The lowest BCUT2D eigenvalue weighted by molar-refractivity contribution is 0.102. The van der Waals surface area contributed by atoms with E-state index in [2.05, 4.69) is 0 Å². The highest BCUT2D eigenvalue weighted by Gasteiger charge is 2.10. The highest BCUT2D eigenvalue weighted by molar-refractivity contribution is 6.30. The minimum Gasteiger partial charge on any atom is -0.293 e. The van der Waals surface area contributed by atoms with E-state index in [0.717, 1.165) is 11.1 Å². The van der Waals surface area contributed by atoms with Gasteiger partial charge >= 0.3 is 0 Å². The van der Waals surface area contributed by atoms with Crippen molar-refractivity contribution in [3.8, 4) is 6.07 Å². The van der Waals surface area contributed by atoms with E-state index in [1.54, 1.807) is 12.1 Å². The van der Waals surface area contributed by atoms with Crippen LogP contribution in [0.1, 0.15) is 27.0 Å². The Morgan fingerprint density at radius 2 is 2.14 bits per heavy atom. The number of ketones is 1. The SMILES string of the molecule is Cc1cc(C#N)cc(C(=O)CCl)c1C. The van der Waals surface area contributed by atoms with Crippen LogP contribution in [0.2, 0.25) is 0 Å². The molecule has 0 unspecified atom stereocenters. The molecule has 0 heterocycles. The summed E-state index contributed by atoms with van der Waals surface area (Å²) in [7, 11) is 0. The van der Waals surface area contributed by atoms with Crippen LogP contribution in [0.4, 0.5) is 0 Å². The van der Waals surface area contributed by atoms with Gasteiger partial charge in [0.25, 0.3) is 0 Å². The molecule has 0 N–H and O–H groups in total. The van der Waals surface area contributed by atoms with Gasteiger partial charge in [0.1, 0.15) is 0 Å². The Hall–Kier alpha value is -1.33. The summed E-state index contributed by atoms with van der Waals surface area (Å²) in [5.74, 6) is -0.181. The van der Waals surface area contributed by atoms with Gasteiger partial charge in [0.05, 0.1) is 17.5 Å². The molecule has 2 nitrogen and oxygen atoms in total. The quantitative estimate of drug-likeness (QED) is 0.553. The largest absolute Gasteiger partial charge is 0.293 e. The average Bonchev–Trinajstić information content (AvgIpc) is 2.20. The number of benzene rings is 1. The number of hydrogen-bond acceptors (Lipinski definition) is 2. The van der Waals surface area contributed by atoms with Crippen LogP contribution in [0.3, 0.4) is 0 Å². The molecule has 0 aliphatic rings. The predicted molar refractivity (Wildman–Crippen MR) is 55.7 cm³/mol. The number of alkyl halides is 1. The summed E-state index contributed by atoms with van der Waals surface area (Å²) in [6.07, 6.45) is 0. The number of Topliss-reactive ketones (excluding diaryl/α,β-unsaturated/α-hetero) is 1. The number of nitrogens with zero attached hydrogens (tertiary/aromatic N) is 1. The Bertz CT molecular complexity index is 418. The van der Waals surface area contributed by atoms with E-state index in [9.17, 15) is 4.79 Å². The van der Waals surface area contributed by atoms with Gasteiger partial charge in [-0.05, 0) is 37.1 Å². The Balaban J connectivity index is 3.36. The molecule has 0 saturated heterocycles. The standard InChI is InChI=1S/C11H10ClNO/c1-7-3-9(6-13)4-10(8(7)2)11(14)5-12/h3-4H,5H2,1-2H3. The van der Waals surface area contributed by atoms with E-state index in [-0.39, 0.29) is 11.7 Å². The summed E-state index contributed by atoms with van der Waals surface area (Å²) in [5.41, 5.74) is 2.89. The fourth-order valence-electron chi connectivity index (χ4n) is 1.29. The second-order valence-corrected chi connectivity index (χ2v) is 3.40. The molecular weight excluding hydrogens is 198 g/mol. The lowest BCUT2D eigenvalue weighted by Gasteiger charge is -2.06. The van der Waals surface area contributed by atoms with Gasteiger partial charge in [-0.2, -0.15) is 5.26 Å². The van der Waals surface area contributed by atoms with Crippen molar-refractivity contribution in [2.45, 2.75) is 13.8 Å². The summed E-state index contributed by atoms with van der Waals surface area (Å²) in [4.78, 5) is 11.4. The van der Waals surface area contributed by atoms with Crippen LogP contribution in [0.25, 0.3) is 0 Å². The zero-order valence-corrected chi connectivity index (χ0v) is 8.85. The molecule has 1 aromatic rings. The van der Waals surface area contributed by atoms with Crippen molar-refractivity contribution in [2.24, 2.45) is 0 Å². The summed E-state index contributed by atoms with van der Waals surface area (Å²) in [5, 5.41) is 8.74. The molecule has 0 amide bonds. The van der Waals surface area contributed by atoms with E-state index in [0.29, 0.717) is 11.1 Å². The number of carbonyl (C=O) groups excluding carboxylic acids is 1. The predicted octanol–water partition coefficient (Wildman–Crippen LogP) is 2.60. The molecule has 0 aromatic heterocycles. The van der Waals surface area contributed by atoms with Crippen molar-refractivity contribution in [1.82, 2.24) is 0 Å². The van der Waals surface area contributed by atoms with Crippen molar-refractivity contribution in [3.63, 3.8) is 0 Å². The minimum atomic E-state index is -0.135. The number of carbonyl (C=O) groups is 1. The molecule has 0 bridgehead atoms.